The van der Waals surface area contributed by atoms with Crippen molar-refractivity contribution in [2.75, 3.05) is 13.7 Å². The Balaban J connectivity index is 1.73. The first-order chi connectivity index (χ1) is 10.2. The van der Waals surface area contributed by atoms with Crippen molar-refractivity contribution in [3.63, 3.8) is 0 Å². The molecule has 0 aliphatic carbocycles. The van der Waals surface area contributed by atoms with Crippen molar-refractivity contribution >= 4 is 28.9 Å². The van der Waals surface area contributed by atoms with E-state index in [0.717, 1.165) is 11.5 Å². The smallest absolute Gasteiger partial charge is 0.305 e. The van der Waals surface area contributed by atoms with Gasteiger partial charge in [0.1, 0.15) is 0 Å². The molecular weight excluding hydrogens is 290 g/mol. The fourth-order valence-corrected chi connectivity index (χ4v) is 1.94. The molecule has 2 aromatic rings. The van der Waals surface area contributed by atoms with Crippen LogP contribution in [0.2, 0.25) is 0 Å². The van der Waals surface area contributed by atoms with E-state index in [1.807, 2.05) is 28.8 Å². The highest BCUT2D eigenvalue weighted by Crippen LogP contribution is 2.02. The highest BCUT2D eigenvalue weighted by atomic mass is 32.1. The van der Waals surface area contributed by atoms with Crippen LogP contribution in [0.5, 0.6) is 0 Å². The third-order valence-corrected chi connectivity index (χ3v) is 3.15. The molecule has 0 amide bonds. The fourth-order valence-electron chi connectivity index (χ4n) is 1.77. The normalized spacial score (nSPS) is 10.3. The molecule has 0 spiro atoms. The molecule has 0 aromatic carbocycles. The highest BCUT2D eigenvalue weighted by Gasteiger charge is 2.05. The van der Waals surface area contributed by atoms with Crippen LogP contribution in [0.4, 0.5) is 0 Å². The molecule has 0 unspecified atom stereocenters. The van der Waals surface area contributed by atoms with E-state index < -0.39 is 0 Å². The lowest BCUT2D eigenvalue weighted by Crippen LogP contribution is -2.35. The Hall–Kier alpha value is -2.22. The summed E-state index contributed by atoms with van der Waals surface area (Å²) < 4.78 is 6.46. The summed E-state index contributed by atoms with van der Waals surface area (Å²) in [5.41, 5.74) is 0.797. The standard InChI is InChI=1S/C13H17N5O2S/c1-20-12(19)6-4-7-14-13(21)15-9-11-17-16-10-5-2-3-8-18(10)11/h2-3,5,8H,4,6-7,9H2,1H3,(H2,14,15,21). The van der Waals surface area contributed by atoms with Gasteiger partial charge in [0.05, 0.1) is 13.7 Å². The van der Waals surface area contributed by atoms with Crippen LogP contribution in [-0.2, 0) is 16.1 Å². The Bertz CT molecular complexity index is 628. The molecule has 112 valence electrons. The second kappa shape index (κ2) is 7.53. The van der Waals surface area contributed by atoms with Gasteiger partial charge in [-0.1, -0.05) is 6.07 Å². The minimum absolute atomic E-state index is 0.217. The maximum Gasteiger partial charge on any atom is 0.305 e. The molecule has 0 saturated heterocycles. The number of methoxy groups -OCH3 is 1. The van der Waals surface area contributed by atoms with Crippen LogP contribution in [0.3, 0.4) is 0 Å². The minimum atomic E-state index is -0.217. The molecular formula is C13H17N5O2S. The number of nitrogens with zero attached hydrogens (tertiary/aromatic N) is 3. The lowest BCUT2D eigenvalue weighted by atomic mass is 10.3. The zero-order chi connectivity index (χ0) is 15.1. The maximum absolute atomic E-state index is 10.9. The summed E-state index contributed by atoms with van der Waals surface area (Å²) >= 11 is 5.16. The van der Waals surface area contributed by atoms with E-state index in [0.29, 0.717) is 31.0 Å². The van der Waals surface area contributed by atoms with Crippen LogP contribution >= 0.6 is 12.2 Å². The molecule has 2 N–H and O–H groups in total. The lowest BCUT2D eigenvalue weighted by Gasteiger charge is -2.09. The fraction of sp³-hybridized carbons (Fsp3) is 0.385. The van der Waals surface area contributed by atoms with Crippen molar-refractivity contribution in [2.24, 2.45) is 0 Å². The van der Waals surface area contributed by atoms with Gasteiger partial charge in [0.15, 0.2) is 16.6 Å². The molecule has 0 fully saturated rings. The SMILES string of the molecule is COC(=O)CCCNC(=S)NCc1nnc2ccccn12. The minimum Gasteiger partial charge on any atom is -0.469 e. The van der Waals surface area contributed by atoms with Gasteiger partial charge in [-0.3, -0.25) is 9.20 Å². The molecule has 0 aliphatic rings. The zero-order valence-corrected chi connectivity index (χ0v) is 12.5. The zero-order valence-electron chi connectivity index (χ0n) is 11.7. The third kappa shape index (κ3) is 4.38. The van der Waals surface area contributed by atoms with Gasteiger partial charge in [0.2, 0.25) is 0 Å². The molecule has 2 rings (SSSR count). The van der Waals surface area contributed by atoms with Gasteiger partial charge in [0.25, 0.3) is 0 Å². The lowest BCUT2D eigenvalue weighted by molar-refractivity contribution is -0.140. The monoisotopic (exact) mass is 307 g/mol. The molecule has 0 aliphatic heterocycles. The topological polar surface area (TPSA) is 80.5 Å². The molecule has 2 aromatic heterocycles. The Kier molecular flexibility index (Phi) is 5.44. The van der Waals surface area contributed by atoms with Crippen molar-refractivity contribution in [1.82, 2.24) is 25.2 Å². The number of carbonyl (C=O) groups excluding carboxylic acids is 1. The van der Waals surface area contributed by atoms with Crippen molar-refractivity contribution in [3.05, 3.63) is 30.2 Å². The predicted octanol–water partition coefficient (Wildman–Crippen LogP) is 0.647. The van der Waals surface area contributed by atoms with Crippen molar-refractivity contribution in [1.29, 1.82) is 0 Å². The Morgan fingerprint density at radius 3 is 3.05 bits per heavy atom. The first-order valence-electron chi connectivity index (χ1n) is 6.58. The number of esters is 1. The largest absolute Gasteiger partial charge is 0.469 e. The van der Waals surface area contributed by atoms with Crippen molar-refractivity contribution < 1.29 is 9.53 Å². The average Bonchev–Trinajstić information content (AvgIpc) is 2.92. The molecule has 2 heterocycles. The number of hydrogen-bond acceptors (Lipinski definition) is 5. The van der Waals surface area contributed by atoms with Crippen molar-refractivity contribution in [2.45, 2.75) is 19.4 Å². The van der Waals surface area contributed by atoms with Crippen LogP contribution in [-0.4, -0.2) is 39.3 Å². The first-order valence-corrected chi connectivity index (χ1v) is 6.98. The molecule has 0 bridgehead atoms. The van der Waals surface area contributed by atoms with Gasteiger partial charge in [-0.15, -0.1) is 10.2 Å². The maximum atomic E-state index is 10.9. The summed E-state index contributed by atoms with van der Waals surface area (Å²) in [4.78, 5) is 10.9. The quantitative estimate of drug-likeness (QED) is 0.460. The first kappa shape index (κ1) is 15.2. The molecule has 0 saturated carbocycles. The van der Waals surface area contributed by atoms with E-state index >= 15 is 0 Å². The van der Waals surface area contributed by atoms with E-state index in [4.69, 9.17) is 12.2 Å². The van der Waals surface area contributed by atoms with Gasteiger partial charge in [-0.2, -0.15) is 0 Å². The molecule has 0 radical (unpaired) electrons. The molecule has 21 heavy (non-hydrogen) atoms. The Morgan fingerprint density at radius 2 is 2.24 bits per heavy atom. The molecule has 0 atom stereocenters. The van der Waals surface area contributed by atoms with E-state index in [-0.39, 0.29) is 5.97 Å². The van der Waals surface area contributed by atoms with E-state index in [1.165, 1.54) is 7.11 Å². The highest BCUT2D eigenvalue weighted by molar-refractivity contribution is 7.80. The summed E-state index contributed by atoms with van der Waals surface area (Å²) in [6.07, 6.45) is 2.95. The number of carbonyl (C=O) groups is 1. The van der Waals surface area contributed by atoms with E-state index in [2.05, 4.69) is 25.6 Å². The average molecular weight is 307 g/mol. The summed E-state index contributed by atoms with van der Waals surface area (Å²) in [5, 5.41) is 14.8. The predicted molar refractivity (Wildman–Crippen MR) is 81.7 cm³/mol. The molecule has 7 nitrogen and oxygen atoms in total. The van der Waals surface area contributed by atoms with Crippen LogP contribution in [0.15, 0.2) is 24.4 Å². The number of aromatic nitrogens is 3. The number of nitrogens with one attached hydrogen (secondary N) is 2. The Morgan fingerprint density at radius 1 is 1.38 bits per heavy atom. The molecule has 8 heteroatoms. The number of fused-ring (bicyclic) bond motifs is 1. The third-order valence-electron chi connectivity index (χ3n) is 2.86. The summed E-state index contributed by atoms with van der Waals surface area (Å²) in [7, 11) is 1.38. The van der Waals surface area contributed by atoms with E-state index in [9.17, 15) is 4.79 Å². The van der Waals surface area contributed by atoms with Crippen LogP contribution < -0.4 is 10.6 Å². The van der Waals surface area contributed by atoms with Crippen molar-refractivity contribution in [3.8, 4) is 0 Å². The summed E-state index contributed by atoms with van der Waals surface area (Å²) in [6, 6.07) is 5.72. The summed E-state index contributed by atoms with van der Waals surface area (Å²) in [5.74, 6) is 0.565. The van der Waals surface area contributed by atoms with Crippen LogP contribution in [0.1, 0.15) is 18.7 Å². The van der Waals surface area contributed by atoms with Crippen LogP contribution in [0.25, 0.3) is 5.65 Å². The van der Waals surface area contributed by atoms with E-state index in [1.54, 1.807) is 0 Å². The number of pyridine rings is 1. The number of thiocarbonyl (C=S) groups is 1. The second-order valence-corrected chi connectivity index (χ2v) is 4.74. The van der Waals surface area contributed by atoms with Gasteiger partial charge in [-0.25, -0.2) is 0 Å². The van der Waals surface area contributed by atoms with Crippen LogP contribution in [0, 0.1) is 0 Å². The summed E-state index contributed by atoms with van der Waals surface area (Å²) in [6.45, 7) is 1.09. The van der Waals surface area contributed by atoms with Gasteiger partial charge in [0, 0.05) is 19.2 Å². The second-order valence-electron chi connectivity index (χ2n) is 4.33. The van der Waals surface area contributed by atoms with Gasteiger partial charge >= 0.3 is 5.97 Å². The van der Waals surface area contributed by atoms with Gasteiger partial charge < -0.3 is 15.4 Å². The number of ether oxygens (including phenoxy) is 1. The number of hydrogen-bond donors (Lipinski definition) is 2. The van der Waals surface area contributed by atoms with Gasteiger partial charge in [-0.05, 0) is 30.8 Å². The number of rotatable bonds is 6. The Labute approximate surface area is 127 Å².